The maximum Gasteiger partial charge on any atom is 0.409 e. The molecule has 2 aromatic heterocycles. The van der Waals surface area contributed by atoms with Gasteiger partial charge in [-0.3, -0.25) is 0 Å². The van der Waals surface area contributed by atoms with Gasteiger partial charge in [0.1, 0.15) is 17.3 Å². The third-order valence-corrected chi connectivity index (χ3v) is 5.68. The van der Waals surface area contributed by atoms with Crippen LogP contribution in [0.4, 0.5) is 19.1 Å². The van der Waals surface area contributed by atoms with E-state index in [1.165, 1.54) is 9.52 Å². The van der Waals surface area contributed by atoms with E-state index in [1.54, 1.807) is 32.5 Å². The van der Waals surface area contributed by atoms with Crippen molar-refractivity contribution < 1.29 is 17.9 Å². The SMILES string of the molecule is COc1cccc2c1nc(N)n1nc(CCN3C=CC4=C(C3)C(C(F)(F)F)NN4C)nc21. The quantitative estimate of drug-likeness (QED) is 0.627. The first kappa shape index (κ1) is 20.4. The molecule has 2 aliphatic heterocycles. The lowest BCUT2D eigenvalue weighted by molar-refractivity contribution is -0.151. The van der Waals surface area contributed by atoms with E-state index in [1.807, 2.05) is 17.0 Å². The van der Waals surface area contributed by atoms with Crippen LogP contribution in [-0.4, -0.2) is 69.0 Å². The molecule has 3 N–H and O–H groups in total. The number of allylic oxidation sites excluding steroid dienone is 1. The van der Waals surface area contributed by atoms with Crippen LogP contribution in [0.25, 0.3) is 16.6 Å². The summed E-state index contributed by atoms with van der Waals surface area (Å²) in [5.74, 6) is 1.28. The fourth-order valence-corrected chi connectivity index (χ4v) is 4.15. The number of rotatable bonds is 4. The lowest BCUT2D eigenvalue weighted by Gasteiger charge is -2.26. The Balaban J connectivity index is 1.37. The van der Waals surface area contributed by atoms with Crippen LogP contribution in [0.3, 0.4) is 0 Å². The van der Waals surface area contributed by atoms with Crippen LogP contribution in [0.1, 0.15) is 5.82 Å². The molecule has 168 valence electrons. The average molecular weight is 446 g/mol. The van der Waals surface area contributed by atoms with Crippen LogP contribution >= 0.6 is 0 Å². The number of nitrogens with one attached hydrogen (secondary N) is 1. The molecule has 0 spiro atoms. The second-order valence-corrected chi connectivity index (χ2v) is 7.70. The van der Waals surface area contributed by atoms with Crippen molar-refractivity contribution in [3.05, 3.63) is 47.6 Å². The monoisotopic (exact) mass is 446 g/mol. The molecule has 32 heavy (non-hydrogen) atoms. The number of hydrogen-bond donors (Lipinski definition) is 2. The van der Waals surface area contributed by atoms with Gasteiger partial charge in [0.15, 0.2) is 11.5 Å². The lowest BCUT2D eigenvalue weighted by Crippen LogP contribution is -2.45. The number of anilines is 1. The molecule has 9 nitrogen and oxygen atoms in total. The second-order valence-electron chi connectivity index (χ2n) is 7.70. The predicted octanol–water partition coefficient (Wildman–Crippen LogP) is 1.88. The Morgan fingerprint density at radius 2 is 2.09 bits per heavy atom. The predicted molar refractivity (Wildman–Crippen MR) is 111 cm³/mol. The topological polar surface area (TPSA) is 96.8 Å². The molecule has 1 unspecified atom stereocenters. The summed E-state index contributed by atoms with van der Waals surface area (Å²) in [5, 5.41) is 6.61. The molecule has 12 heteroatoms. The molecule has 5 rings (SSSR count). The molecule has 0 radical (unpaired) electrons. The Labute approximate surface area is 180 Å². The number of ether oxygens (including phenoxy) is 1. The largest absolute Gasteiger partial charge is 0.494 e. The van der Waals surface area contributed by atoms with Gasteiger partial charge in [-0.25, -0.2) is 15.4 Å². The summed E-state index contributed by atoms with van der Waals surface area (Å²) in [6.45, 7) is 0.623. The molecular weight excluding hydrogens is 425 g/mol. The van der Waals surface area contributed by atoms with E-state index in [4.69, 9.17) is 10.5 Å². The van der Waals surface area contributed by atoms with Gasteiger partial charge in [0.25, 0.3) is 0 Å². The molecule has 0 bridgehead atoms. The minimum absolute atomic E-state index is 0.171. The number of fused-ring (bicyclic) bond motifs is 3. The summed E-state index contributed by atoms with van der Waals surface area (Å²) in [4.78, 5) is 10.8. The zero-order valence-corrected chi connectivity index (χ0v) is 17.4. The molecule has 2 aliphatic rings. The van der Waals surface area contributed by atoms with Crippen molar-refractivity contribution in [2.24, 2.45) is 0 Å². The van der Waals surface area contributed by atoms with Crippen molar-refractivity contribution in [2.75, 3.05) is 33.0 Å². The van der Waals surface area contributed by atoms with E-state index in [0.29, 0.717) is 47.0 Å². The van der Waals surface area contributed by atoms with Crippen LogP contribution in [0.15, 0.2) is 41.7 Å². The summed E-state index contributed by atoms with van der Waals surface area (Å²) in [6.07, 6.45) is -0.449. The van der Waals surface area contributed by atoms with E-state index < -0.39 is 12.2 Å². The first-order valence-electron chi connectivity index (χ1n) is 9.96. The van der Waals surface area contributed by atoms with Gasteiger partial charge in [0.05, 0.1) is 12.8 Å². The number of alkyl halides is 3. The smallest absolute Gasteiger partial charge is 0.409 e. The second kappa shape index (κ2) is 7.26. The molecule has 0 aliphatic carbocycles. The Bertz CT molecular complexity index is 1270. The molecule has 0 fully saturated rings. The van der Waals surface area contributed by atoms with Gasteiger partial charge in [0, 0.05) is 43.7 Å². The molecular formula is C20H21F3N8O. The highest BCUT2D eigenvalue weighted by molar-refractivity contribution is 5.95. The summed E-state index contributed by atoms with van der Waals surface area (Å²) < 4.78 is 47.0. The third kappa shape index (κ3) is 3.27. The van der Waals surface area contributed by atoms with E-state index in [0.717, 1.165) is 5.39 Å². The number of para-hydroxylation sites is 1. The number of benzene rings is 1. The Morgan fingerprint density at radius 1 is 1.28 bits per heavy atom. The average Bonchev–Trinajstić information content (AvgIpc) is 3.34. The van der Waals surface area contributed by atoms with Crippen molar-refractivity contribution in [3.63, 3.8) is 0 Å². The minimum Gasteiger partial charge on any atom is -0.494 e. The fraction of sp³-hybridized carbons (Fsp3) is 0.350. The normalized spacial score (nSPS) is 18.8. The highest BCUT2D eigenvalue weighted by Gasteiger charge is 2.48. The first-order chi connectivity index (χ1) is 15.3. The molecule has 4 heterocycles. The van der Waals surface area contributed by atoms with E-state index in [-0.39, 0.29) is 12.5 Å². The summed E-state index contributed by atoms with van der Waals surface area (Å²) in [7, 11) is 3.14. The number of likely N-dealkylation sites (N-methyl/N-ethyl adjacent to an activating group) is 1. The van der Waals surface area contributed by atoms with Gasteiger partial charge < -0.3 is 20.4 Å². The van der Waals surface area contributed by atoms with Crippen LogP contribution in [0.2, 0.25) is 0 Å². The van der Waals surface area contributed by atoms with Gasteiger partial charge in [0.2, 0.25) is 5.95 Å². The number of nitrogens with two attached hydrogens (primary N) is 1. The number of methoxy groups -OCH3 is 1. The number of nitrogen functional groups attached to an aromatic ring is 1. The Kier molecular flexibility index (Phi) is 4.62. The summed E-state index contributed by atoms with van der Waals surface area (Å²) in [6, 6.07) is 3.80. The fourth-order valence-electron chi connectivity index (χ4n) is 4.15. The molecule has 1 atom stereocenters. The first-order valence-corrected chi connectivity index (χ1v) is 9.96. The highest BCUT2D eigenvalue weighted by atomic mass is 19.4. The van der Waals surface area contributed by atoms with Crippen LogP contribution in [0, 0.1) is 0 Å². The van der Waals surface area contributed by atoms with Crippen LogP contribution in [0.5, 0.6) is 5.75 Å². The lowest BCUT2D eigenvalue weighted by atomic mass is 10.0. The molecule has 1 aromatic carbocycles. The van der Waals surface area contributed by atoms with Gasteiger partial charge >= 0.3 is 6.18 Å². The van der Waals surface area contributed by atoms with Gasteiger partial charge in [-0.1, -0.05) is 6.07 Å². The van der Waals surface area contributed by atoms with E-state index in [2.05, 4.69) is 20.5 Å². The maximum atomic E-state index is 13.4. The zero-order valence-electron chi connectivity index (χ0n) is 17.4. The Morgan fingerprint density at radius 3 is 2.84 bits per heavy atom. The van der Waals surface area contributed by atoms with Gasteiger partial charge in [-0.15, -0.1) is 5.10 Å². The highest BCUT2D eigenvalue weighted by Crippen LogP contribution is 2.35. The van der Waals surface area contributed by atoms with Crippen LogP contribution < -0.4 is 15.9 Å². The van der Waals surface area contributed by atoms with Gasteiger partial charge in [-0.2, -0.15) is 17.7 Å². The molecule has 0 saturated heterocycles. The third-order valence-electron chi connectivity index (χ3n) is 5.68. The summed E-state index contributed by atoms with van der Waals surface area (Å²) >= 11 is 0. The molecule has 0 amide bonds. The van der Waals surface area contributed by atoms with Gasteiger partial charge in [-0.05, 0) is 18.2 Å². The van der Waals surface area contributed by atoms with Crippen molar-refractivity contribution in [2.45, 2.75) is 18.6 Å². The molecule has 0 saturated carbocycles. The Hall–Kier alpha value is -3.54. The van der Waals surface area contributed by atoms with Crippen LogP contribution in [-0.2, 0) is 6.42 Å². The number of halogens is 3. The number of hydrazine groups is 1. The number of aromatic nitrogens is 4. The van der Waals surface area contributed by atoms with Crippen molar-refractivity contribution in [1.82, 2.24) is 34.9 Å². The maximum absolute atomic E-state index is 13.4. The summed E-state index contributed by atoms with van der Waals surface area (Å²) in [5.41, 5.74) is 10.5. The van der Waals surface area contributed by atoms with Crippen molar-refractivity contribution in [1.29, 1.82) is 0 Å². The minimum atomic E-state index is -4.36. The van der Waals surface area contributed by atoms with E-state index in [9.17, 15) is 13.2 Å². The van der Waals surface area contributed by atoms with E-state index >= 15 is 0 Å². The number of hydrogen-bond acceptors (Lipinski definition) is 8. The standard InChI is InChI=1S/C20H21F3N8O/c1-29-13-6-8-30(10-12(13)17(28-29)20(21,22)23)9-7-15-25-18-11-4-3-5-14(32-2)16(11)26-19(24)31(18)27-15/h3-6,8,17,28H,7,9-10H2,1-2H3,(H2,24,26). The van der Waals surface area contributed by atoms with Crippen molar-refractivity contribution >= 4 is 22.5 Å². The van der Waals surface area contributed by atoms with Crippen molar-refractivity contribution in [3.8, 4) is 5.75 Å². The zero-order chi connectivity index (χ0) is 22.6. The number of nitrogens with zero attached hydrogens (tertiary/aromatic N) is 6. The molecule has 3 aromatic rings.